The molecule has 2 nitrogen and oxygen atoms in total. The largest absolute Gasteiger partial charge is 0.489 e. The molecule has 0 bridgehead atoms. The summed E-state index contributed by atoms with van der Waals surface area (Å²) in [6.07, 6.45) is 8.14. The highest BCUT2D eigenvalue weighted by Gasteiger charge is 2.31. The van der Waals surface area contributed by atoms with Gasteiger partial charge in [-0.3, -0.25) is 0 Å². The van der Waals surface area contributed by atoms with E-state index in [2.05, 4.69) is 0 Å². The summed E-state index contributed by atoms with van der Waals surface area (Å²) in [5, 5.41) is 0. The molecule has 3 rings (SSSR count). The Labute approximate surface area is 167 Å². The molecule has 0 heterocycles. The molecule has 0 saturated heterocycles. The molecule has 6 heteroatoms. The van der Waals surface area contributed by atoms with Crippen molar-refractivity contribution in [3.05, 3.63) is 40.2 Å². The van der Waals surface area contributed by atoms with Crippen LogP contribution in [0.15, 0.2) is 23.3 Å². The molecule has 0 amide bonds. The number of hydrogen-bond donors (Lipinski definition) is 0. The van der Waals surface area contributed by atoms with Crippen molar-refractivity contribution in [2.24, 2.45) is 5.92 Å². The van der Waals surface area contributed by atoms with Gasteiger partial charge in [0.1, 0.15) is 24.0 Å². The van der Waals surface area contributed by atoms with Crippen LogP contribution < -0.4 is 4.74 Å². The lowest BCUT2D eigenvalue weighted by Gasteiger charge is -2.19. The van der Waals surface area contributed by atoms with Crippen molar-refractivity contribution in [2.75, 3.05) is 6.61 Å². The fourth-order valence-electron chi connectivity index (χ4n) is 4.48. The zero-order chi connectivity index (χ0) is 20.3. The molecule has 1 fully saturated rings. The van der Waals surface area contributed by atoms with E-state index in [9.17, 15) is 18.0 Å². The molecule has 0 spiro atoms. The number of Topliss-reactive ketones (excluding diaryl/α,β-unsaturated/α-hetero) is 1. The minimum Gasteiger partial charge on any atom is -0.489 e. The molecule has 1 atom stereocenters. The first-order valence-corrected chi connectivity index (χ1v) is 10.7. The first kappa shape index (κ1) is 21.4. The van der Waals surface area contributed by atoms with Gasteiger partial charge in [-0.15, -0.1) is 0 Å². The average molecular weight is 412 g/mol. The number of allylic oxidation sites excluding steroid dienone is 1. The van der Waals surface area contributed by atoms with Crippen LogP contribution in [0.25, 0.3) is 0 Å². The Morgan fingerprint density at radius 2 is 1.93 bits per heavy atom. The molecule has 2 aliphatic carbocycles. The minimum absolute atomic E-state index is 0.0303. The molecular weight excluding hydrogens is 384 g/mol. The highest BCUT2D eigenvalue weighted by atomic mass is 31.0. The SMILES string of the molecule is CC(=O)CCc1c(F)cc(OCC2=C(C3CCCC3)CCC2)cc1C(F)(F)P. The van der Waals surface area contributed by atoms with E-state index in [0.29, 0.717) is 12.5 Å². The second-order valence-electron chi connectivity index (χ2n) is 8.01. The summed E-state index contributed by atoms with van der Waals surface area (Å²) >= 11 is 0. The van der Waals surface area contributed by atoms with Crippen LogP contribution in [0.1, 0.15) is 69.4 Å². The average Bonchev–Trinajstić information content (AvgIpc) is 3.28. The molecular formula is C22H28F3O2P. The van der Waals surface area contributed by atoms with Crippen LogP contribution in [-0.2, 0) is 16.9 Å². The van der Waals surface area contributed by atoms with E-state index in [1.165, 1.54) is 65.1 Å². The van der Waals surface area contributed by atoms with Gasteiger partial charge in [0.15, 0.2) is 0 Å². The minimum atomic E-state index is -3.28. The van der Waals surface area contributed by atoms with Crippen LogP contribution in [0.2, 0.25) is 0 Å². The van der Waals surface area contributed by atoms with E-state index in [1.54, 1.807) is 0 Å². The Bertz CT molecular complexity index is 762. The Kier molecular flexibility index (Phi) is 6.85. The van der Waals surface area contributed by atoms with Gasteiger partial charge < -0.3 is 9.53 Å². The van der Waals surface area contributed by atoms with Gasteiger partial charge in [0.05, 0.1) is 0 Å². The molecule has 28 heavy (non-hydrogen) atoms. The molecule has 2 aliphatic rings. The van der Waals surface area contributed by atoms with E-state index in [4.69, 9.17) is 4.74 Å². The smallest absolute Gasteiger partial charge is 0.284 e. The third-order valence-corrected chi connectivity index (χ3v) is 6.21. The summed E-state index contributed by atoms with van der Waals surface area (Å²) in [5.41, 5.74) is -1.09. The third kappa shape index (κ3) is 5.17. The highest BCUT2D eigenvalue weighted by molar-refractivity contribution is 7.17. The summed E-state index contributed by atoms with van der Waals surface area (Å²) in [6.45, 7) is 1.70. The number of carbonyl (C=O) groups excluding carboxylic acids is 1. The Hall–Kier alpha value is -1.35. The van der Waals surface area contributed by atoms with Crippen molar-refractivity contribution in [1.29, 1.82) is 0 Å². The maximum atomic E-state index is 14.6. The number of hydrogen-bond acceptors (Lipinski definition) is 2. The quantitative estimate of drug-likeness (QED) is 0.369. The molecule has 1 aromatic rings. The Morgan fingerprint density at radius 3 is 2.57 bits per heavy atom. The lowest BCUT2D eigenvalue weighted by molar-refractivity contribution is -0.117. The van der Waals surface area contributed by atoms with E-state index in [1.807, 2.05) is 0 Å². The van der Waals surface area contributed by atoms with Gasteiger partial charge in [0, 0.05) is 18.1 Å². The maximum absolute atomic E-state index is 14.6. The number of ether oxygens (including phenoxy) is 1. The normalized spacial score (nSPS) is 18.2. The zero-order valence-corrected chi connectivity index (χ0v) is 17.5. The molecule has 0 N–H and O–H groups in total. The highest BCUT2D eigenvalue weighted by Crippen LogP contribution is 2.42. The molecule has 1 aromatic carbocycles. The van der Waals surface area contributed by atoms with E-state index >= 15 is 0 Å². The van der Waals surface area contributed by atoms with Crippen LogP contribution in [0.4, 0.5) is 13.2 Å². The van der Waals surface area contributed by atoms with Gasteiger partial charge >= 0.3 is 0 Å². The van der Waals surface area contributed by atoms with Gasteiger partial charge in [-0.05, 0) is 68.6 Å². The first-order chi connectivity index (χ1) is 13.3. The van der Waals surface area contributed by atoms with Crippen molar-refractivity contribution in [3.8, 4) is 5.75 Å². The maximum Gasteiger partial charge on any atom is 0.284 e. The monoisotopic (exact) mass is 412 g/mol. The molecule has 0 aromatic heterocycles. The number of halogens is 3. The van der Waals surface area contributed by atoms with Crippen LogP contribution in [0, 0.1) is 11.7 Å². The van der Waals surface area contributed by atoms with Crippen molar-refractivity contribution in [2.45, 2.75) is 70.4 Å². The number of benzene rings is 1. The fourth-order valence-corrected chi connectivity index (χ4v) is 4.74. The molecule has 1 unspecified atom stereocenters. The lowest BCUT2D eigenvalue weighted by atomic mass is 9.94. The summed E-state index contributed by atoms with van der Waals surface area (Å²) < 4.78 is 48.4. The predicted molar refractivity (Wildman–Crippen MR) is 107 cm³/mol. The van der Waals surface area contributed by atoms with Crippen molar-refractivity contribution in [3.63, 3.8) is 0 Å². The standard InChI is InChI=1S/C22H28F3O2P/c1-14(26)9-10-19-20(22(24,25)28)11-17(12-21(19)23)27-13-16-7-4-8-18(16)15-5-2-3-6-15/h11-12,15H,2-10,13,28H2,1H3. The Morgan fingerprint density at radius 1 is 1.21 bits per heavy atom. The van der Waals surface area contributed by atoms with Gasteiger partial charge in [-0.2, -0.15) is 8.78 Å². The summed E-state index contributed by atoms with van der Waals surface area (Å²) in [6, 6.07) is 2.39. The molecule has 1 saturated carbocycles. The molecule has 154 valence electrons. The van der Waals surface area contributed by atoms with Crippen molar-refractivity contribution >= 4 is 15.0 Å². The van der Waals surface area contributed by atoms with Gasteiger partial charge in [-0.1, -0.05) is 27.7 Å². The third-order valence-electron chi connectivity index (χ3n) is 5.89. The van der Waals surface area contributed by atoms with E-state index < -0.39 is 17.0 Å². The zero-order valence-electron chi connectivity index (χ0n) is 16.3. The van der Waals surface area contributed by atoms with Gasteiger partial charge in [0.2, 0.25) is 0 Å². The summed E-state index contributed by atoms with van der Waals surface area (Å²) in [4.78, 5) is 11.2. The topological polar surface area (TPSA) is 26.3 Å². The van der Waals surface area contributed by atoms with E-state index in [0.717, 1.165) is 19.3 Å². The Balaban J connectivity index is 1.79. The molecule has 0 aliphatic heterocycles. The van der Waals surface area contributed by atoms with E-state index in [-0.39, 0.29) is 29.9 Å². The summed E-state index contributed by atoms with van der Waals surface area (Å²) in [7, 11) is 1.45. The number of rotatable bonds is 8. The lowest BCUT2D eigenvalue weighted by Crippen LogP contribution is -2.12. The van der Waals surface area contributed by atoms with Crippen molar-refractivity contribution in [1.82, 2.24) is 0 Å². The fraction of sp³-hybridized carbons (Fsp3) is 0.591. The summed E-state index contributed by atoms with van der Waals surface area (Å²) in [5.74, 6) is -0.150. The molecule has 0 radical (unpaired) electrons. The predicted octanol–water partition coefficient (Wildman–Crippen LogP) is 6.32. The van der Waals surface area contributed by atoms with Crippen LogP contribution in [0.3, 0.4) is 0 Å². The van der Waals surface area contributed by atoms with Crippen LogP contribution in [-0.4, -0.2) is 12.4 Å². The second kappa shape index (κ2) is 8.98. The van der Waals surface area contributed by atoms with Gasteiger partial charge in [0.25, 0.3) is 5.66 Å². The van der Waals surface area contributed by atoms with Crippen LogP contribution >= 0.6 is 9.24 Å². The number of alkyl halides is 2. The van der Waals surface area contributed by atoms with Crippen molar-refractivity contribution < 1.29 is 22.7 Å². The second-order valence-corrected chi connectivity index (χ2v) is 8.73. The van der Waals surface area contributed by atoms with Crippen LogP contribution in [0.5, 0.6) is 5.75 Å². The van der Waals surface area contributed by atoms with Gasteiger partial charge in [-0.25, -0.2) is 4.39 Å². The number of carbonyl (C=O) groups is 1. The number of ketones is 1. The first-order valence-electron chi connectivity index (χ1n) is 10.1.